The fourth-order valence-corrected chi connectivity index (χ4v) is 3.47. The van der Waals surface area contributed by atoms with Crippen molar-refractivity contribution < 1.29 is 29.9 Å². The summed E-state index contributed by atoms with van der Waals surface area (Å²) in [6, 6.07) is 14.7. The summed E-state index contributed by atoms with van der Waals surface area (Å²) in [5.41, 5.74) is 1.88. The van der Waals surface area contributed by atoms with Gasteiger partial charge in [-0.25, -0.2) is 0 Å². The first-order valence-corrected chi connectivity index (χ1v) is 9.26. The molecule has 0 amide bonds. The van der Waals surface area contributed by atoms with E-state index in [0.717, 1.165) is 11.1 Å². The van der Waals surface area contributed by atoms with E-state index >= 15 is 0 Å². The molecular formula is C21H27NO6. The van der Waals surface area contributed by atoms with Gasteiger partial charge >= 0.3 is 0 Å². The van der Waals surface area contributed by atoms with Gasteiger partial charge in [-0.15, -0.1) is 0 Å². The van der Waals surface area contributed by atoms with Crippen molar-refractivity contribution in [3.63, 3.8) is 0 Å². The fraction of sp³-hybridized carbons (Fsp3) is 0.429. The molecule has 4 atom stereocenters. The molecule has 0 bridgehead atoms. The lowest BCUT2D eigenvalue weighted by Crippen LogP contribution is -2.62. The summed E-state index contributed by atoms with van der Waals surface area (Å²) in [5.74, 6) is 1.27. The Morgan fingerprint density at radius 2 is 1.79 bits per heavy atom. The maximum atomic E-state index is 10.1. The number of likely N-dealkylation sites (tertiary alicyclic amines) is 1. The van der Waals surface area contributed by atoms with E-state index in [0.29, 0.717) is 24.7 Å². The van der Waals surface area contributed by atoms with Crippen LogP contribution in [-0.2, 0) is 13.2 Å². The molecule has 1 heterocycles. The Kier molecular flexibility index (Phi) is 6.88. The van der Waals surface area contributed by atoms with E-state index in [2.05, 4.69) is 0 Å². The number of methoxy groups -OCH3 is 1. The lowest BCUT2D eigenvalue weighted by molar-refractivity contribution is -0.147. The summed E-state index contributed by atoms with van der Waals surface area (Å²) >= 11 is 0. The monoisotopic (exact) mass is 389 g/mol. The third-order valence-corrected chi connectivity index (χ3v) is 5.10. The van der Waals surface area contributed by atoms with Crippen LogP contribution in [-0.4, -0.2) is 69.9 Å². The largest absolute Gasteiger partial charge is 0.496 e. The number of aliphatic hydroxyl groups is 4. The molecule has 1 saturated heterocycles. The van der Waals surface area contributed by atoms with Crippen molar-refractivity contribution in [1.82, 2.24) is 4.90 Å². The maximum absolute atomic E-state index is 10.1. The van der Waals surface area contributed by atoms with Crippen LogP contribution in [0.5, 0.6) is 11.5 Å². The van der Waals surface area contributed by atoms with Gasteiger partial charge in [-0.1, -0.05) is 36.4 Å². The minimum atomic E-state index is -1.27. The Balaban J connectivity index is 1.71. The highest BCUT2D eigenvalue weighted by atomic mass is 16.5. The number of rotatable bonds is 7. The number of β-amino-alcohol motifs (C(OH)–C–C–N with tert-alkyl or cyclic N) is 1. The second-order valence-corrected chi connectivity index (χ2v) is 6.98. The SMILES string of the molecule is COc1cc(OCc2ccccc2)ccc1CN1CC(O)C(O)C(O)C1CO. The van der Waals surface area contributed by atoms with E-state index in [1.807, 2.05) is 42.5 Å². The fourth-order valence-electron chi connectivity index (χ4n) is 3.47. The molecule has 2 aromatic carbocycles. The molecule has 3 rings (SSSR count). The van der Waals surface area contributed by atoms with Crippen LogP contribution in [0.3, 0.4) is 0 Å². The Hall–Kier alpha value is -2.16. The van der Waals surface area contributed by atoms with Gasteiger partial charge in [-0.2, -0.15) is 0 Å². The number of hydrogen-bond donors (Lipinski definition) is 4. The van der Waals surface area contributed by atoms with E-state index in [1.165, 1.54) is 0 Å². The molecule has 28 heavy (non-hydrogen) atoms. The standard InChI is InChI=1S/C21H27NO6/c1-27-19-9-16(28-13-14-5-3-2-4-6-14)8-7-15(19)10-22-11-18(24)21(26)20(25)17(22)12-23/h2-9,17-18,20-21,23-26H,10-13H2,1H3. The molecule has 0 spiro atoms. The van der Waals surface area contributed by atoms with Gasteiger partial charge in [0, 0.05) is 24.7 Å². The van der Waals surface area contributed by atoms with E-state index < -0.39 is 24.4 Å². The zero-order valence-electron chi connectivity index (χ0n) is 15.8. The molecule has 7 nitrogen and oxygen atoms in total. The van der Waals surface area contributed by atoms with Crippen molar-refractivity contribution in [1.29, 1.82) is 0 Å². The molecule has 0 aromatic heterocycles. The lowest BCUT2D eigenvalue weighted by atomic mass is 9.93. The molecule has 0 aliphatic carbocycles. The number of piperidine rings is 1. The second-order valence-electron chi connectivity index (χ2n) is 6.98. The van der Waals surface area contributed by atoms with Gasteiger partial charge in [0.25, 0.3) is 0 Å². The van der Waals surface area contributed by atoms with Crippen molar-refractivity contribution >= 4 is 0 Å². The first-order chi connectivity index (χ1) is 13.5. The smallest absolute Gasteiger partial charge is 0.127 e. The van der Waals surface area contributed by atoms with Crippen molar-refractivity contribution in [2.75, 3.05) is 20.3 Å². The lowest BCUT2D eigenvalue weighted by Gasteiger charge is -2.43. The van der Waals surface area contributed by atoms with Gasteiger partial charge in [-0.3, -0.25) is 4.90 Å². The van der Waals surface area contributed by atoms with Crippen LogP contribution in [0.4, 0.5) is 0 Å². The summed E-state index contributed by atoms with van der Waals surface area (Å²) in [6.45, 7) is 0.594. The van der Waals surface area contributed by atoms with Gasteiger partial charge in [-0.05, 0) is 11.6 Å². The third-order valence-electron chi connectivity index (χ3n) is 5.10. The summed E-state index contributed by atoms with van der Waals surface area (Å²) < 4.78 is 11.3. The molecule has 152 valence electrons. The van der Waals surface area contributed by atoms with Crippen LogP contribution in [0.15, 0.2) is 48.5 Å². The van der Waals surface area contributed by atoms with Crippen LogP contribution in [0.25, 0.3) is 0 Å². The molecule has 4 N–H and O–H groups in total. The minimum Gasteiger partial charge on any atom is -0.496 e. The van der Waals surface area contributed by atoms with E-state index in [4.69, 9.17) is 9.47 Å². The number of ether oxygens (including phenoxy) is 2. The van der Waals surface area contributed by atoms with Gasteiger partial charge in [0.2, 0.25) is 0 Å². The number of aliphatic hydroxyl groups excluding tert-OH is 4. The molecule has 0 saturated carbocycles. The van der Waals surface area contributed by atoms with Crippen LogP contribution in [0.2, 0.25) is 0 Å². The van der Waals surface area contributed by atoms with Gasteiger partial charge in [0.15, 0.2) is 0 Å². The normalized spacial score (nSPS) is 25.5. The van der Waals surface area contributed by atoms with E-state index in [1.54, 1.807) is 18.1 Å². The molecule has 4 unspecified atom stereocenters. The highest BCUT2D eigenvalue weighted by Gasteiger charge is 2.41. The zero-order valence-corrected chi connectivity index (χ0v) is 15.8. The zero-order chi connectivity index (χ0) is 20.1. The Morgan fingerprint density at radius 3 is 2.46 bits per heavy atom. The van der Waals surface area contributed by atoms with Crippen molar-refractivity contribution in [2.45, 2.75) is 37.5 Å². The van der Waals surface area contributed by atoms with Crippen molar-refractivity contribution in [3.05, 3.63) is 59.7 Å². The summed E-state index contributed by atoms with van der Waals surface area (Å²) in [4.78, 5) is 1.74. The summed E-state index contributed by atoms with van der Waals surface area (Å²) in [5, 5.41) is 39.6. The average molecular weight is 389 g/mol. The highest BCUT2D eigenvalue weighted by Crippen LogP contribution is 2.29. The molecule has 1 aliphatic rings. The van der Waals surface area contributed by atoms with E-state index in [-0.39, 0.29) is 13.2 Å². The van der Waals surface area contributed by atoms with Crippen LogP contribution < -0.4 is 9.47 Å². The quantitative estimate of drug-likeness (QED) is 0.548. The topological polar surface area (TPSA) is 103 Å². The minimum absolute atomic E-state index is 0.138. The Labute approximate surface area is 164 Å². The first-order valence-electron chi connectivity index (χ1n) is 9.26. The van der Waals surface area contributed by atoms with Crippen LogP contribution in [0.1, 0.15) is 11.1 Å². The maximum Gasteiger partial charge on any atom is 0.127 e. The van der Waals surface area contributed by atoms with Crippen molar-refractivity contribution in [2.24, 2.45) is 0 Å². The predicted octanol–water partition coefficient (Wildman–Crippen LogP) is 0.533. The van der Waals surface area contributed by atoms with Crippen LogP contribution >= 0.6 is 0 Å². The molecule has 1 fully saturated rings. The van der Waals surface area contributed by atoms with Gasteiger partial charge in [0.05, 0.1) is 25.9 Å². The third kappa shape index (κ3) is 4.63. The van der Waals surface area contributed by atoms with E-state index in [9.17, 15) is 20.4 Å². The number of benzene rings is 2. The van der Waals surface area contributed by atoms with Crippen molar-refractivity contribution in [3.8, 4) is 11.5 Å². The predicted molar refractivity (Wildman–Crippen MR) is 103 cm³/mol. The molecule has 1 aliphatic heterocycles. The Morgan fingerprint density at radius 1 is 1.04 bits per heavy atom. The Bertz CT molecular complexity index is 756. The first kappa shape index (κ1) is 20.6. The number of hydrogen-bond acceptors (Lipinski definition) is 7. The van der Waals surface area contributed by atoms with Crippen LogP contribution in [0, 0.1) is 0 Å². The second kappa shape index (κ2) is 9.36. The average Bonchev–Trinajstić information content (AvgIpc) is 2.72. The number of nitrogens with zero attached hydrogens (tertiary/aromatic N) is 1. The highest BCUT2D eigenvalue weighted by molar-refractivity contribution is 5.41. The summed E-state index contributed by atoms with van der Waals surface area (Å²) in [7, 11) is 1.56. The molecule has 0 radical (unpaired) electrons. The van der Waals surface area contributed by atoms with Gasteiger partial charge in [0.1, 0.15) is 30.3 Å². The molecular weight excluding hydrogens is 362 g/mol. The molecule has 2 aromatic rings. The summed E-state index contributed by atoms with van der Waals surface area (Å²) in [6.07, 6.45) is -3.59. The van der Waals surface area contributed by atoms with Gasteiger partial charge < -0.3 is 29.9 Å². The molecule has 7 heteroatoms.